The highest BCUT2D eigenvalue weighted by atomic mass is 35.5. The Balaban J connectivity index is 1.56. The molecular weight excluding hydrogens is 490 g/mol. The largest absolute Gasteiger partial charge is 0.347 e. The Hall–Kier alpha value is -1.02. The first-order valence-corrected chi connectivity index (χ1v) is 11.2. The van der Waals surface area contributed by atoms with E-state index in [-0.39, 0.29) is 0 Å². The topological polar surface area (TPSA) is 30.5 Å². The fourth-order valence-corrected chi connectivity index (χ4v) is 4.07. The van der Waals surface area contributed by atoms with Gasteiger partial charge in [-0.15, -0.1) is 0 Å². The van der Waals surface area contributed by atoms with Crippen LogP contribution in [-0.4, -0.2) is 46.2 Å². The summed E-state index contributed by atoms with van der Waals surface area (Å²) in [5.74, 6) is 0. The lowest BCUT2D eigenvalue weighted by Gasteiger charge is -2.26. The molecule has 2 N–H and O–H groups in total. The van der Waals surface area contributed by atoms with Crippen LogP contribution in [0, 0.1) is 0 Å². The third kappa shape index (κ3) is 6.23. The number of halogens is 4. The molecule has 0 atom stereocenters. The smallest absolute Gasteiger partial charge is 0.173 e. The van der Waals surface area contributed by atoms with Crippen LogP contribution in [-0.2, 0) is 0 Å². The van der Waals surface area contributed by atoms with Crippen molar-refractivity contribution in [3.8, 4) is 0 Å². The molecule has 1 fully saturated rings. The number of benzene rings is 2. The zero-order chi connectivity index (χ0) is 21.0. The van der Waals surface area contributed by atoms with Crippen molar-refractivity contribution in [1.82, 2.24) is 9.80 Å². The summed E-state index contributed by atoms with van der Waals surface area (Å²) in [5.41, 5.74) is 1.62. The van der Waals surface area contributed by atoms with Gasteiger partial charge < -0.3 is 20.4 Å². The van der Waals surface area contributed by atoms with E-state index < -0.39 is 0 Å². The van der Waals surface area contributed by atoms with Crippen molar-refractivity contribution < 1.29 is 0 Å². The lowest BCUT2D eigenvalue weighted by molar-refractivity contribution is 0.418. The van der Waals surface area contributed by atoms with Crippen molar-refractivity contribution in [1.29, 1.82) is 0 Å². The SMILES string of the molecule is S=C(Nc1ccc(Cl)c(Cl)c1)N1CCCN(C(=S)Nc2ccc(Cl)c(Cl)c2)CC1. The molecule has 0 radical (unpaired) electrons. The normalized spacial score (nSPS) is 14.3. The number of thiocarbonyl (C=S) groups is 2. The van der Waals surface area contributed by atoms with Gasteiger partial charge in [0, 0.05) is 37.6 Å². The average molecular weight is 508 g/mol. The number of hydrogen-bond donors (Lipinski definition) is 2. The Morgan fingerprint density at radius 1 is 0.655 bits per heavy atom. The summed E-state index contributed by atoms with van der Waals surface area (Å²) >= 11 is 35.2. The predicted molar refractivity (Wildman–Crippen MR) is 133 cm³/mol. The Kier molecular flexibility index (Phi) is 8.07. The van der Waals surface area contributed by atoms with Crippen LogP contribution in [0.2, 0.25) is 20.1 Å². The van der Waals surface area contributed by atoms with E-state index in [9.17, 15) is 0 Å². The highest BCUT2D eigenvalue weighted by Gasteiger charge is 2.19. The third-order valence-electron chi connectivity index (χ3n) is 4.41. The molecule has 10 heteroatoms. The first-order valence-electron chi connectivity index (χ1n) is 8.85. The summed E-state index contributed by atoms with van der Waals surface area (Å²) in [5, 5.41) is 9.73. The van der Waals surface area contributed by atoms with Gasteiger partial charge in [-0.3, -0.25) is 0 Å². The molecular formula is C19H18Cl4N4S2. The van der Waals surface area contributed by atoms with Gasteiger partial charge in [-0.2, -0.15) is 0 Å². The van der Waals surface area contributed by atoms with E-state index in [0.29, 0.717) is 30.3 Å². The highest BCUT2D eigenvalue weighted by molar-refractivity contribution is 7.80. The molecule has 1 aliphatic rings. The first-order chi connectivity index (χ1) is 13.8. The van der Waals surface area contributed by atoms with Crippen molar-refractivity contribution in [2.75, 3.05) is 36.8 Å². The van der Waals surface area contributed by atoms with Crippen LogP contribution in [0.4, 0.5) is 11.4 Å². The second-order valence-electron chi connectivity index (χ2n) is 6.45. The molecule has 0 aliphatic carbocycles. The lowest BCUT2D eigenvalue weighted by Crippen LogP contribution is -2.40. The standard InChI is InChI=1S/C19H18Cl4N4S2/c20-14-4-2-12(10-16(14)22)24-18(28)26-6-1-7-27(9-8-26)19(29)25-13-3-5-15(21)17(23)11-13/h2-5,10-11H,1,6-9H2,(H,24,28)(H,25,29). The Labute approximate surface area is 201 Å². The molecule has 4 nitrogen and oxygen atoms in total. The Morgan fingerprint density at radius 2 is 1.07 bits per heavy atom. The van der Waals surface area contributed by atoms with Crippen molar-refractivity contribution in [2.24, 2.45) is 0 Å². The monoisotopic (exact) mass is 506 g/mol. The molecule has 29 heavy (non-hydrogen) atoms. The molecule has 154 valence electrons. The van der Waals surface area contributed by atoms with E-state index >= 15 is 0 Å². The number of hydrogen-bond acceptors (Lipinski definition) is 2. The van der Waals surface area contributed by atoms with Gasteiger partial charge in [-0.25, -0.2) is 0 Å². The van der Waals surface area contributed by atoms with Gasteiger partial charge in [0.1, 0.15) is 0 Å². The summed E-state index contributed by atoms with van der Waals surface area (Å²) in [6, 6.07) is 10.7. The van der Waals surface area contributed by atoms with Crippen molar-refractivity contribution in [3.63, 3.8) is 0 Å². The van der Waals surface area contributed by atoms with Crippen molar-refractivity contribution >= 4 is 92.4 Å². The molecule has 0 amide bonds. The van der Waals surface area contributed by atoms with Crippen LogP contribution < -0.4 is 10.6 Å². The fourth-order valence-electron chi connectivity index (χ4n) is 2.88. The molecule has 0 bridgehead atoms. The summed E-state index contributed by atoms with van der Waals surface area (Å²) < 4.78 is 0. The Morgan fingerprint density at radius 3 is 1.45 bits per heavy atom. The maximum Gasteiger partial charge on any atom is 0.173 e. The fraction of sp³-hybridized carbons (Fsp3) is 0.263. The molecule has 0 saturated carbocycles. The highest BCUT2D eigenvalue weighted by Crippen LogP contribution is 2.26. The minimum Gasteiger partial charge on any atom is -0.347 e. The lowest BCUT2D eigenvalue weighted by atomic mass is 10.3. The molecule has 0 unspecified atom stereocenters. The van der Waals surface area contributed by atoms with Crippen molar-refractivity contribution in [2.45, 2.75) is 6.42 Å². The van der Waals surface area contributed by atoms with Crippen LogP contribution in [0.3, 0.4) is 0 Å². The van der Waals surface area contributed by atoms with Crippen molar-refractivity contribution in [3.05, 3.63) is 56.5 Å². The van der Waals surface area contributed by atoms with Gasteiger partial charge in [0.2, 0.25) is 0 Å². The van der Waals surface area contributed by atoms with E-state index in [1.54, 1.807) is 24.3 Å². The summed E-state index contributed by atoms with van der Waals surface area (Å²) in [7, 11) is 0. The second kappa shape index (κ2) is 10.3. The van der Waals surface area contributed by atoms with Crippen LogP contribution >= 0.6 is 70.8 Å². The average Bonchev–Trinajstić information content (AvgIpc) is 2.94. The first kappa shape index (κ1) is 22.7. The number of nitrogens with one attached hydrogen (secondary N) is 2. The van der Waals surface area contributed by atoms with Gasteiger partial charge in [0.05, 0.1) is 20.1 Å². The van der Waals surface area contributed by atoms with Crippen LogP contribution in [0.1, 0.15) is 6.42 Å². The number of rotatable bonds is 2. The summed E-state index contributed by atoms with van der Waals surface area (Å²) in [6.07, 6.45) is 0.923. The van der Waals surface area contributed by atoms with E-state index in [1.807, 2.05) is 12.1 Å². The van der Waals surface area contributed by atoms with E-state index in [1.165, 1.54) is 0 Å². The molecule has 2 aromatic carbocycles. The van der Waals surface area contributed by atoms with Gasteiger partial charge in [-0.1, -0.05) is 46.4 Å². The quantitative estimate of drug-likeness (QED) is 0.457. The maximum atomic E-state index is 6.08. The Bertz CT molecular complexity index is 852. The van der Waals surface area contributed by atoms with E-state index in [2.05, 4.69) is 20.4 Å². The van der Waals surface area contributed by atoms with Gasteiger partial charge in [0.15, 0.2) is 10.2 Å². The molecule has 1 saturated heterocycles. The molecule has 2 aromatic rings. The molecule has 3 rings (SSSR count). The predicted octanol–water partition coefficient (Wildman–Crippen LogP) is 6.40. The number of nitrogens with zero attached hydrogens (tertiary/aromatic N) is 2. The van der Waals surface area contributed by atoms with Gasteiger partial charge >= 0.3 is 0 Å². The summed E-state index contributed by atoms with van der Waals surface area (Å²) in [4.78, 5) is 4.25. The minimum absolute atomic E-state index is 0.486. The van der Waals surface area contributed by atoms with Crippen LogP contribution in [0.25, 0.3) is 0 Å². The van der Waals surface area contributed by atoms with E-state index in [0.717, 1.165) is 44.0 Å². The molecule has 1 heterocycles. The summed E-state index contributed by atoms with van der Waals surface area (Å²) in [6.45, 7) is 3.16. The van der Waals surface area contributed by atoms with E-state index in [4.69, 9.17) is 70.8 Å². The van der Waals surface area contributed by atoms with Gasteiger partial charge in [-0.05, 0) is 67.3 Å². The zero-order valence-electron chi connectivity index (χ0n) is 15.2. The minimum atomic E-state index is 0.486. The van der Waals surface area contributed by atoms with Gasteiger partial charge in [0.25, 0.3) is 0 Å². The molecule has 0 spiro atoms. The second-order valence-corrected chi connectivity index (χ2v) is 8.85. The number of anilines is 2. The molecule has 0 aromatic heterocycles. The van der Waals surface area contributed by atoms with Crippen LogP contribution in [0.15, 0.2) is 36.4 Å². The zero-order valence-corrected chi connectivity index (χ0v) is 19.9. The molecule has 1 aliphatic heterocycles. The third-order valence-corrected chi connectivity index (χ3v) is 6.61. The van der Waals surface area contributed by atoms with Crippen LogP contribution in [0.5, 0.6) is 0 Å². The maximum absolute atomic E-state index is 6.08.